The Bertz CT molecular complexity index is 135. The van der Waals surface area contributed by atoms with Crippen molar-refractivity contribution in [1.82, 2.24) is 0 Å². The van der Waals surface area contributed by atoms with Crippen LogP contribution in [0, 0.1) is 5.41 Å². The molecule has 13 heavy (non-hydrogen) atoms. The lowest BCUT2D eigenvalue weighted by Crippen LogP contribution is -2.33. The van der Waals surface area contributed by atoms with Crippen LogP contribution in [-0.4, -0.2) is 30.6 Å². The molecule has 1 heterocycles. The monoisotopic (exact) mass is 266 g/mol. The van der Waals surface area contributed by atoms with Gasteiger partial charge in [-0.05, 0) is 37.7 Å². The molecule has 0 aromatic carbocycles. The minimum atomic E-state index is 0.452. The maximum atomic E-state index is 5.57. The molecule has 1 rings (SSSR count). The van der Waals surface area contributed by atoms with Gasteiger partial charge in [-0.1, -0.05) is 15.9 Å². The minimum absolute atomic E-state index is 0.452. The highest BCUT2D eigenvalue weighted by atomic mass is 79.9. The van der Waals surface area contributed by atoms with Gasteiger partial charge in [0.15, 0.2) is 0 Å². The molecule has 0 spiro atoms. The van der Waals surface area contributed by atoms with E-state index in [1.165, 1.54) is 31.4 Å². The van der Waals surface area contributed by atoms with Gasteiger partial charge in [0.2, 0.25) is 0 Å². The van der Waals surface area contributed by atoms with Crippen LogP contribution in [0.2, 0.25) is 0 Å². The summed E-state index contributed by atoms with van der Waals surface area (Å²) in [5.74, 6) is 1.29. The Balaban J connectivity index is 2.29. The van der Waals surface area contributed by atoms with Crippen molar-refractivity contribution >= 4 is 27.7 Å². The van der Waals surface area contributed by atoms with Crippen LogP contribution < -0.4 is 0 Å². The van der Waals surface area contributed by atoms with Crippen LogP contribution in [0.15, 0.2) is 0 Å². The summed E-state index contributed by atoms with van der Waals surface area (Å²) in [7, 11) is 0. The second-order valence-electron chi connectivity index (χ2n) is 3.89. The molecule has 0 saturated carbocycles. The van der Waals surface area contributed by atoms with Gasteiger partial charge in [0.1, 0.15) is 0 Å². The zero-order valence-electron chi connectivity index (χ0n) is 8.35. The average molecular weight is 267 g/mol. The number of rotatable bonds is 5. The first-order chi connectivity index (χ1) is 6.33. The van der Waals surface area contributed by atoms with E-state index in [9.17, 15) is 0 Å². The normalized spacial score (nSPS) is 29.1. The average Bonchev–Trinajstić information content (AvgIpc) is 2.20. The van der Waals surface area contributed by atoms with E-state index in [0.29, 0.717) is 5.41 Å². The zero-order valence-corrected chi connectivity index (χ0v) is 10.8. The summed E-state index contributed by atoms with van der Waals surface area (Å²) in [6, 6.07) is 0. The fourth-order valence-electron chi connectivity index (χ4n) is 1.87. The molecular formula is C10H19BrOS. The van der Waals surface area contributed by atoms with E-state index in [1.807, 2.05) is 11.8 Å². The lowest BCUT2D eigenvalue weighted by molar-refractivity contribution is 0.00131. The van der Waals surface area contributed by atoms with Crippen LogP contribution in [0.25, 0.3) is 0 Å². The summed E-state index contributed by atoms with van der Waals surface area (Å²) in [6.07, 6.45) is 7.41. The van der Waals surface area contributed by atoms with Gasteiger partial charge in [0.05, 0.1) is 6.61 Å². The molecule has 0 radical (unpaired) electrons. The Labute approximate surface area is 94.1 Å². The topological polar surface area (TPSA) is 9.23 Å². The Morgan fingerprint density at radius 3 is 2.92 bits per heavy atom. The van der Waals surface area contributed by atoms with Gasteiger partial charge in [0.25, 0.3) is 0 Å². The third-order valence-electron chi connectivity index (χ3n) is 2.74. The Morgan fingerprint density at radius 1 is 1.54 bits per heavy atom. The van der Waals surface area contributed by atoms with E-state index in [2.05, 4.69) is 22.2 Å². The maximum absolute atomic E-state index is 5.57. The second-order valence-corrected chi connectivity index (χ2v) is 5.43. The van der Waals surface area contributed by atoms with Gasteiger partial charge in [0, 0.05) is 17.4 Å². The molecule has 0 aromatic rings. The van der Waals surface area contributed by atoms with Crippen molar-refractivity contribution in [3.8, 4) is 0 Å². The largest absolute Gasteiger partial charge is 0.381 e. The van der Waals surface area contributed by atoms with Crippen LogP contribution in [-0.2, 0) is 4.74 Å². The molecule has 0 bridgehead atoms. The first-order valence-electron chi connectivity index (χ1n) is 4.96. The molecule has 0 aliphatic carbocycles. The first-order valence-corrected chi connectivity index (χ1v) is 7.47. The number of hydrogen-bond donors (Lipinski definition) is 0. The molecule has 3 heteroatoms. The van der Waals surface area contributed by atoms with E-state index in [-0.39, 0.29) is 0 Å². The Morgan fingerprint density at radius 2 is 2.38 bits per heavy atom. The number of halogens is 1. The van der Waals surface area contributed by atoms with Crippen molar-refractivity contribution in [1.29, 1.82) is 0 Å². The Hall–Kier alpha value is 0.790. The fraction of sp³-hybridized carbons (Fsp3) is 1.00. The maximum Gasteiger partial charge on any atom is 0.0530 e. The molecule has 1 aliphatic rings. The fourth-order valence-corrected chi connectivity index (χ4v) is 3.03. The summed E-state index contributed by atoms with van der Waals surface area (Å²) in [5, 5.41) is 1.11. The van der Waals surface area contributed by atoms with Crippen molar-refractivity contribution in [2.24, 2.45) is 5.41 Å². The summed E-state index contributed by atoms with van der Waals surface area (Å²) in [5.41, 5.74) is 0.452. The van der Waals surface area contributed by atoms with Crippen LogP contribution in [0.3, 0.4) is 0 Å². The number of hydrogen-bond acceptors (Lipinski definition) is 2. The molecule has 0 aromatic heterocycles. The molecule has 0 amide bonds. The number of alkyl halides is 1. The lowest BCUT2D eigenvalue weighted by Gasteiger charge is -2.35. The molecular weight excluding hydrogens is 248 g/mol. The van der Waals surface area contributed by atoms with Crippen LogP contribution in [0.5, 0.6) is 0 Å². The van der Waals surface area contributed by atoms with Crippen molar-refractivity contribution in [3.63, 3.8) is 0 Å². The predicted molar refractivity (Wildman–Crippen MR) is 63.9 cm³/mol. The van der Waals surface area contributed by atoms with Gasteiger partial charge in [-0.2, -0.15) is 11.8 Å². The molecule has 1 aliphatic heterocycles. The first kappa shape index (κ1) is 11.9. The second kappa shape index (κ2) is 6.31. The van der Waals surface area contributed by atoms with E-state index >= 15 is 0 Å². The number of thioether (sulfide) groups is 1. The third kappa shape index (κ3) is 3.80. The van der Waals surface area contributed by atoms with Crippen molar-refractivity contribution in [2.75, 3.05) is 30.6 Å². The van der Waals surface area contributed by atoms with Gasteiger partial charge in [-0.3, -0.25) is 0 Å². The minimum Gasteiger partial charge on any atom is -0.381 e. The zero-order chi connectivity index (χ0) is 9.57. The summed E-state index contributed by atoms with van der Waals surface area (Å²) >= 11 is 5.58. The lowest BCUT2D eigenvalue weighted by atomic mass is 9.81. The molecule has 1 saturated heterocycles. The van der Waals surface area contributed by atoms with Crippen molar-refractivity contribution in [3.05, 3.63) is 0 Å². The molecule has 1 unspecified atom stereocenters. The standard InChI is InChI=1S/C10H19BrOS/c1-13-7-3-5-10(8-11)4-2-6-12-9-10/h2-9H2,1H3. The summed E-state index contributed by atoms with van der Waals surface area (Å²) in [6.45, 7) is 1.93. The molecule has 1 fully saturated rings. The van der Waals surface area contributed by atoms with Gasteiger partial charge < -0.3 is 4.74 Å². The van der Waals surface area contributed by atoms with E-state index in [4.69, 9.17) is 4.74 Å². The van der Waals surface area contributed by atoms with Crippen molar-refractivity contribution in [2.45, 2.75) is 25.7 Å². The third-order valence-corrected chi connectivity index (χ3v) is 4.63. The highest BCUT2D eigenvalue weighted by Crippen LogP contribution is 2.35. The van der Waals surface area contributed by atoms with Gasteiger partial charge >= 0.3 is 0 Å². The predicted octanol–water partition coefficient (Wildman–Crippen LogP) is 3.32. The van der Waals surface area contributed by atoms with Crippen LogP contribution in [0.4, 0.5) is 0 Å². The SMILES string of the molecule is CSCCCC1(CBr)CCCOC1. The Kier molecular flexibility index (Phi) is 5.75. The van der Waals surface area contributed by atoms with Crippen molar-refractivity contribution < 1.29 is 4.74 Å². The molecule has 0 N–H and O–H groups in total. The molecule has 1 atom stereocenters. The molecule has 1 nitrogen and oxygen atoms in total. The van der Waals surface area contributed by atoms with Crippen LogP contribution >= 0.6 is 27.7 Å². The quantitative estimate of drug-likeness (QED) is 0.558. The smallest absolute Gasteiger partial charge is 0.0530 e. The van der Waals surface area contributed by atoms with Gasteiger partial charge in [-0.15, -0.1) is 0 Å². The highest BCUT2D eigenvalue weighted by Gasteiger charge is 2.30. The van der Waals surface area contributed by atoms with Crippen LogP contribution in [0.1, 0.15) is 25.7 Å². The summed E-state index contributed by atoms with van der Waals surface area (Å²) < 4.78 is 5.57. The number of ether oxygens (including phenoxy) is 1. The summed E-state index contributed by atoms with van der Waals surface area (Å²) in [4.78, 5) is 0. The van der Waals surface area contributed by atoms with E-state index in [1.54, 1.807) is 0 Å². The van der Waals surface area contributed by atoms with E-state index < -0.39 is 0 Å². The molecule has 78 valence electrons. The van der Waals surface area contributed by atoms with Gasteiger partial charge in [-0.25, -0.2) is 0 Å². The highest BCUT2D eigenvalue weighted by molar-refractivity contribution is 9.09. The van der Waals surface area contributed by atoms with E-state index in [0.717, 1.165) is 18.5 Å².